The molecule has 1 heteroatoms. The van der Waals surface area contributed by atoms with E-state index >= 15 is 0 Å². The molecular weight excluding hydrogens is 134 g/mol. The summed E-state index contributed by atoms with van der Waals surface area (Å²) in [6.07, 6.45) is 2.09. The zero-order valence-corrected chi connectivity index (χ0v) is 6.96. The van der Waals surface area contributed by atoms with Gasteiger partial charge in [0, 0.05) is 5.69 Å². The molecule has 1 aromatic carbocycles. The molecule has 0 spiro atoms. The highest BCUT2D eigenvalue weighted by Gasteiger charge is 1.91. The molecule has 0 aliphatic carbocycles. The van der Waals surface area contributed by atoms with Gasteiger partial charge in [-0.1, -0.05) is 18.2 Å². The van der Waals surface area contributed by atoms with E-state index in [1.807, 2.05) is 31.2 Å². The second-order valence-corrected chi connectivity index (χ2v) is 2.59. The van der Waals surface area contributed by atoms with Crippen molar-refractivity contribution in [3.63, 3.8) is 0 Å². The number of hydrogen-bond donors (Lipinski definition) is 1. The third-order valence-electron chi connectivity index (χ3n) is 1.80. The second-order valence-electron chi connectivity index (χ2n) is 2.59. The number of hydrogen-bond acceptors (Lipinski definition) is 1. The number of anilines is 1. The lowest BCUT2D eigenvalue weighted by molar-refractivity contribution is 1.54. The average molecular weight is 147 g/mol. The Hall–Kier alpha value is -1.24. The molecule has 58 valence electrons. The maximum Gasteiger partial charge on any atom is 0.0314 e. The molecule has 0 aliphatic heterocycles. The number of nitrogens with two attached hydrogens (primary N) is 1. The first-order chi connectivity index (χ1) is 5.24. The Morgan fingerprint density at radius 1 is 1.27 bits per heavy atom. The highest BCUT2D eigenvalue weighted by molar-refractivity contribution is 5.64. The maximum absolute atomic E-state index is 5.55. The molecule has 11 heavy (non-hydrogen) atoms. The molecule has 0 aliphatic rings. The van der Waals surface area contributed by atoms with E-state index in [1.165, 1.54) is 11.1 Å². The van der Waals surface area contributed by atoms with Crippen molar-refractivity contribution in [3.8, 4) is 0 Å². The summed E-state index contributed by atoms with van der Waals surface area (Å²) in [5.41, 5.74) is 8.89. The van der Waals surface area contributed by atoms with Crippen molar-refractivity contribution in [1.29, 1.82) is 0 Å². The first-order valence-electron chi connectivity index (χ1n) is 3.73. The van der Waals surface area contributed by atoms with Crippen LogP contribution < -0.4 is 5.73 Å². The molecule has 0 bridgehead atoms. The van der Waals surface area contributed by atoms with Gasteiger partial charge in [-0.25, -0.2) is 0 Å². The third-order valence-corrected chi connectivity index (χ3v) is 1.80. The summed E-state index contributed by atoms with van der Waals surface area (Å²) in [6.45, 7) is 4.12. The van der Waals surface area contributed by atoms with Crippen molar-refractivity contribution in [2.24, 2.45) is 0 Å². The van der Waals surface area contributed by atoms with Gasteiger partial charge in [-0.3, -0.25) is 0 Å². The summed E-state index contributed by atoms with van der Waals surface area (Å²) in [5.74, 6) is 0. The molecule has 0 saturated heterocycles. The highest BCUT2D eigenvalue weighted by atomic mass is 14.5. The van der Waals surface area contributed by atoms with Gasteiger partial charge >= 0.3 is 0 Å². The molecule has 1 aromatic rings. The molecule has 0 radical (unpaired) electrons. The van der Waals surface area contributed by atoms with Crippen LogP contribution in [0.5, 0.6) is 0 Å². The minimum absolute atomic E-state index is 0.817. The molecule has 0 heterocycles. The second kappa shape index (κ2) is 3.24. The van der Waals surface area contributed by atoms with E-state index in [1.54, 1.807) is 0 Å². The summed E-state index contributed by atoms with van der Waals surface area (Å²) in [4.78, 5) is 0. The first-order valence-corrected chi connectivity index (χ1v) is 3.73. The number of rotatable bonds is 1. The number of allylic oxidation sites excluding steroid dienone is 2. The van der Waals surface area contributed by atoms with E-state index in [4.69, 9.17) is 5.73 Å². The molecule has 1 rings (SSSR count). The van der Waals surface area contributed by atoms with E-state index in [2.05, 4.69) is 13.0 Å². The van der Waals surface area contributed by atoms with Crippen LogP contribution in [0, 0.1) is 0 Å². The van der Waals surface area contributed by atoms with Gasteiger partial charge in [0.1, 0.15) is 0 Å². The van der Waals surface area contributed by atoms with Gasteiger partial charge in [-0.2, -0.15) is 0 Å². The first kappa shape index (κ1) is 7.86. The van der Waals surface area contributed by atoms with Crippen LogP contribution in [0.3, 0.4) is 0 Å². The van der Waals surface area contributed by atoms with Crippen LogP contribution in [-0.4, -0.2) is 0 Å². The Balaban J connectivity index is 2.99. The smallest absolute Gasteiger partial charge is 0.0314 e. The summed E-state index contributed by atoms with van der Waals surface area (Å²) < 4.78 is 0. The molecule has 0 aromatic heterocycles. The number of nitrogen functional groups attached to an aromatic ring is 1. The van der Waals surface area contributed by atoms with Crippen LogP contribution >= 0.6 is 0 Å². The molecule has 0 unspecified atom stereocenters. The molecule has 0 amide bonds. The Kier molecular flexibility index (Phi) is 2.32. The average Bonchev–Trinajstić information content (AvgIpc) is 2.05. The standard InChI is InChI=1S/C10H13N/c1-3-8(2)9-4-6-10(11)7-5-9/h3-7H,11H2,1-2H3/b8-3-. The van der Waals surface area contributed by atoms with Crippen molar-refractivity contribution >= 4 is 11.3 Å². The van der Waals surface area contributed by atoms with Crippen LogP contribution in [0.2, 0.25) is 0 Å². The Labute approximate surface area is 67.5 Å². The van der Waals surface area contributed by atoms with Crippen LogP contribution in [-0.2, 0) is 0 Å². The normalized spacial score (nSPS) is 11.6. The zero-order chi connectivity index (χ0) is 8.27. The van der Waals surface area contributed by atoms with Gasteiger partial charge in [0.15, 0.2) is 0 Å². The SMILES string of the molecule is C/C=C(/C)c1ccc(N)cc1. The summed E-state index contributed by atoms with van der Waals surface area (Å²) in [6, 6.07) is 7.90. The Morgan fingerprint density at radius 3 is 2.27 bits per heavy atom. The van der Waals surface area contributed by atoms with Gasteiger partial charge < -0.3 is 5.73 Å². The van der Waals surface area contributed by atoms with Gasteiger partial charge in [0.2, 0.25) is 0 Å². The quantitative estimate of drug-likeness (QED) is 0.607. The van der Waals surface area contributed by atoms with Crippen molar-refractivity contribution in [2.45, 2.75) is 13.8 Å². The maximum atomic E-state index is 5.55. The van der Waals surface area contributed by atoms with Crippen molar-refractivity contribution < 1.29 is 0 Å². The van der Waals surface area contributed by atoms with Crippen molar-refractivity contribution in [2.75, 3.05) is 5.73 Å². The summed E-state index contributed by atoms with van der Waals surface area (Å²) in [5, 5.41) is 0. The minimum atomic E-state index is 0.817. The van der Waals surface area contributed by atoms with Crippen molar-refractivity contribution in [3.05, 3.63) is 35.9 Å². The molecule has 0 atom stereocenters. The lowest BCUT2D eigenvalue weighted by atomic mass is 10.1. The summed E-state index contributed by atoms with van der Waals surface area (Å²) in [7, 11) is 0. The van der Waals surface area contributed by atoms with E-state index in [0.29, 0.717) is 0 Å². The fraction of sp³-hybridized carbons (Fsp3) is 0.200. The fourth-order valence-electron chi connectivity index (χ4n) is 0.913. The van der Waals surface area contributed by atoms with Gasteiger partial charge in [-0.05, 0) is 37.1 Å². The van der Waals surface area contributed by atoms with Crippen LogP contribution in [0.4, 0.5) is 5.69 Å². The molecule has 2 N–H and O–H groups in total. The Morgan fingerprint density at radius 2 is 1.82 bits per heavy atom. The molecule has 1 nitrogen and oxygen atoms in total. The van der Waals surface area contributed by atoms with E-state index in [0.717, 1.165) is 5.69 Å². The fourth-order valence-corrected chi connectivity index (χ4v) is 0.913. The lowest BCUT2D eigenvalue weighted by Gasteiger charge is -1.99. The van der Waals surface area contributed by atoms with Gasteiger partial charge in [-0.15, -0.1) is 0 Å². The zero-order valence-electron chi connectivity index (χ0n) is 6.96. The predicted octanol–water partition coefficient (Wildman–Crippen LogP) is 2.69. The number of benzene rings is 1. The molecular formula is C10H13N. The van der Waals surface area contributed by atoms with Crippen LogP contribution in [0.15, 0.2) is 30.3 Å². The molecule has 0 saturated carbocycles. The third kappa shape index (κ3) is 1.84. The minimum Gasteiger partial charge on any atom is -0.399 e. The Bertz CT molecular complexity index is 257. The van der Waals surface area contributed by atoms with E-state index < -0.39 is 0 Å². The largest absolute Gasteiger partial charge is 0.399 e. The van der Waals surface area contributed by atoms with E-state index in [-0.39, 0.29) is 0 Å². The van der Waals surface area contributed by atoms with Crippen LogP contribution in [0.1, 0.15) is 19.4 Å². The van der Waals surface area contributed by atoms with Gasteiger partial charge in [0.05, 0.1) is 0 Å². The lowest BCUT2D eigenvalue weighted by Crippen LogP contribution is -1.84. The topological polar surface area (TPSA) is 26.0 Å². The monoisotopic (exact) mass is 147 g/mol. The predicted molar refractivity (Wildman–Crippen MR) is 50.2 cm³/mol. The van der Waals surface area contributed by atoms with Crippen molar-refractivity contribution in [1.82, 2.24) is 0 Å². The van der Waals surface area contributed by atoms with E-state index in [9.17, 15) is 0 Å². The summed E-state index contributed by atoms with van der Waals surface area (Å²) >= 11 is 0. The van der Waals surface area contributed by atoms with Gasteiger partial charge in [0.25, 0.3) is 0 Å². The van der Waals surface area contributed by atoms with Crippen LogP contribution in [0.25, 0.3) is 5.57 Å². The molecule has 0 fully saturated rings. The highest BCUT2D eigenvalue weighted by Crippen LogP contribution is 2.14.